The topological polar surface area (TPSA) is 37.4 Å². The lowest BCUT2D eigenvalue weighted by atomic mass is 9.93. The summed E-state index contributed by atoms with van der Waals surface area (Å²) in [5.41, 5.74) is 5.86. The zero-order chi connectivity index (χ0) is 18.0. The first-order chi connectivity index (χ1) is 11.9. The second-order valence-corrected chi connectivity index (χ2v) is 9.19. The minimum atomic E-state index is -3.72. The maximum atomic E-state index is 11.7. The number of benzene rings is 2. The Balaban J connectivity index is 2.12. The molecule has 0 aromatic heterocycles. The van der Waals surface area contributed by atoms with Crippen LogP contribution in [0.1, 0.15) is 28.7 Å². The summed E-state index contributed by atoms with van der Waals surface area (Å²) in [6.45, 7) is 0.967. The third-order valence-electron chi connectivity index (χ3n) is 4.54. The Morgan fingerprint density at radius 2 is 1.72 bits per heavy atom. The lowest BCUT2D eigenvalue weighted by Gasteiger charge is -2.14. The molecule has 0 fully saturated rings. The molecule has 0 radical (unpaired) electrons. The van der Waals surface area contributed by atoms with Crippen molar-refractivity contribution < 1.29 is 8.42 Å². The first-order valence-corrected chi connectivity index (χ1v) is 10.7. The maximum absolute atomic E-state index is 11.7. The molecule has 5 heteroatoms. The van der Waals surface area contributed by atoms with Gasteiger partial charge in [0.2, 0.25) is 0 Å². The number of hydrogen-bond acceptors (Lipinski definition) is 3. The fourth-order valence-corrected chi connectivity index (χ4v) is 4.10. The van der Waals surface area contributed by atoms with Crippen molar-refractivity contribution in [2.24, 2.45) is 0 Å². The summed E-state index contributed by atoms with van der Waals surface area (Å²) >= 11 is 0. The van der Waals surface area contributed by atoms with Gasteiger partial charge in [0, 0.05) is 17.2 Å². The molecule has 1 aliphatic carbocycles. The molecule has 0 bridgehead atoms. The Labute approximate surface area is 154 Å². The number of hydrogen-bond donors (Lipinski definition) is 0. The molecule has 132 valence electrons. The Kier molecular flexibility index (Phi) is 5.32. The summed E-state index contributed by atoms with van der Waals surface area (Å²) in [6, 6.07) is 13.6. The van der Waals surface area contributed by atoms with E-state index in [1.54, 1.807) is 12.1 Å². The van der Waals surface area contributed by atoms with Crippen molar-refractivity contribution in [3.8, 4) is 0 Å². The summed E-state index contributed by atoms with van der Waals surface area (Å²) in [6.07, 6.45) is 4.89. The molecule has 0 heterocycles. The summed E-state index contributed by atoms with van der Waals surface area (Å²) in [5, 5.41) is 0. The Morgan fingerprint density at radius 1 is 1.04 bits per heavy atom. The van der Waals surface area contributed by atoms with E-state index in [2.05, 4.69) is 49.3 Å². The van der Waals surface area contributed by atoms with Crippen LogP contribution >= 0.6 is 10.7 Å². The number of halogens is 1. The van der Waals surface area contributed by atoms with Crippen molar-refractivity contribution in [1.82, 2.24) is 4.90 Å². The molecule has 25 heavy (non-hydrogen) atoms. The van der Waals surface area contributed by atoms with Gasteiger partial charge in [0.1, 0.15) is 0 Å². The highest BCUT2D eigenvalue weighted by Crippen LogP contribution is 2.35. The highest BCUT2D eigenvalue weighted by molar-refractivity contribution is 8.13. The predicted molar refractivity (Wildman–Crippen MR) is 104 cm³/mol. The van der Waals surface area contributed by atoms with Crippen LogP contribution in [0.4, 0.5) is 0 Å². The Hall–Kier alpha value is -1.62. The first kappa shape index (κ1) is 18.2. The maximum Gasteiger partial charge on any atom is 0.261 e. The van der Waals surface area contributed by atoms with Gasteiger partial charge in [0.05, 0.1) is 4.90 Å². The molecular formula is C20H22ClNO2S. The van der Waals surface area contributed by atoms with Crippen LogP contribution in [0.25, 0.3) is 5.57 Å². The van der Waals surface area contributed by atoms with E-state index < -0.39 is 9.05 Å². The molecule has 0 saturated heterocycles. The van der Waals surface area contributed by atoms with Crippen molar-refractivity contribution in [3.63, 3.8) is 0 Å². The SMILES string of the molecule is CN(C)CC/C=C1\c2ccccc2CCc2cc(S(=O)(=O)Cl)ccc21. The van der Waals surface area contributed by atoms with Crippen LogP contribution in [-0.2, 0) is 21.9 Å². The normalized spacial score (nSPS) is 15.8. The fraction of sp³-hybridized carbons (Fsp3) is 0.300. The van der Waals surface area contributed by atoms with Gasteiger partial charge in [-0.05, 0) is 73.3 Å². The zero-order valence-corrected chi connectivity index (χ0v) is 16.1. The molecule has 0 unspecified atom stereocenters. The molecule has 3 rings (SSSR count). The average molecular weight is 376 g/mol. The monoisotopic (exact) mass is 375 g/mol. The highest BCUT2D eigenvalue weighted by Gasteiger charge is 2.20. The highest BCUT2D eigenvalue weighted by atomic mass is 35.7. The largest absolute Gasteiger partial charge is 0.309 e. The molecule has 3 nitrogen and oxygen atoms in total. The van der Waals surface area contributed by atoms with Gasteiger partial charge in [-0.25, -0.2) is 8.42 Å². The van der Waals surface area contributed by atoms with Crippen LogP contribution in [0.5, 0.6) is 0 Å². The minimum Gasteiger partial charge on any atom is -0.309 e. The third-order valence-corrected chi connectivity index (χ3v) is 5.90. The Bertz CT molecular complexity index is 917. The van der Waals surface area contributed by atoms with Gasteiger partial charge in [-0.15, -0.1) is 0 Å². The van der Waals surface area contributed by atoms with Crippen molar-refractivity contribution >= 4 is 25.3 Å². The van der Waals surface area contributed by atoms with E-state index in [0.717, 1.165) is 36.9 Å². The van der Waals surface area contributed by atoms with Gasteiger partial charge in [-0.2, -0.15) is 0 Å². The van der Waals surface area contributed by atoms with Crippen LogP contribution in [0.2, 0.25) is 0 Å². The summed E-state index contributed by atoms with van der Waals surface area (Å²) in [5.74, 6) is 0. The molecular weight excluding hydrogens is 354 g/mol. The van der Waals surface area contributed by atoms with E-state index in [1.165, 1.54) is 16.7 Å². The molecule has 0 atom stereocenters. The van der Waals surface area contributed by atoms with Crippen LogP contribution in [0, 0.1) is 0 Å². The van der Waals surface area contributed by atoms with Crippen molar-refractivity contribution in [2.45, 2.75) is 24.2 Å². The quantitative estimate of drug-likeness (QED) is 0.755. The van der Waals surface area contributed by atoms with E-state index in [0.29, 0.717) is 0 Å². The molecule has 2 aromatic carbocycles. The van der Waals surface area contributed by atoms with E-state index >= 15 is 0 Å². The summed E-state index contributed by atoms with van der Waals surface area (Å²) in [4.78, 5) is 2.33. The van der Waals surface area contributed by atoms with Gasteiger partial charge in [0.25, 0.3) is 9.05 Å². The average Bonchev–Trinajstić information content (AvgIpc) is 2.71. The molecule has 1 aliphatic rings. The third kappa shape index (κ3) is 4.14. The second kappa shape index (κ2) is 7.32. The zero-order valence-electron chi connectivity index (χ0n) is 14.5. The minimum absolute atomic E-state index is 0.173. The first-order valence-electron chi connectivity index (χ1n) is 8.37. The van der Waals surface area contributed by atoms with Crippen LogP contribution in [0.15, 0.2) is 53.4 Å². The molecule has 0 saturated carbocycles. The van der Waals surface area contributed by atoms with E-state index in [9.17, 15) is 8.42 Å². The van der Waals surface area contributed by atoms with Crippen molar-refractivity contribution in [3.05, 3.63) is 70.8 Å². The summed E-state index contributed by atoms with van der Waals surface area (Å²) < 4.78 is 23.4. The number of aryl methyl sites for hydroxylation is 2. The molecule has 0 spiro atoms. The summed E-state index contributed by atoms with van der Waals surface area (Å²) in [7, 11) is 5.94. The van der Waals surface area contributed by atoms with Crippen molar-refractivity contribution in [2.75, 3.05) is 20.6 Å². The standard InChI is InChI=1S/C20H22ClNO2S/c1-22(2)13-5-8-20-18-7-4-3-6-15(18)9-10-16-14-17(25(21,23)24)11-12-19(16)20/h3-4,6-8,11-12,14H,5,9-10,13H2,1-2H3/b20-8+. The predicted octanol–water partition coefficient (Wildman–Crippen LogP) is 4.10. The molecule has 2 aromatic rings. The van der Waals surface area contributed by atoms with Gasteiger partial charge >= 0.3 is 0 Å². The fourth-order valence-electron chi connectivity index (χ4n) is 3.29. The second-order valence-electron chi connectivity index (χ2n) is 6.62. The van der Waals surface area contributed by atoms with Gasteiger partial charge in [-0.1, -0.05) is 36.4 Å². The van der Waals surface area contributed by atoms with Crippen molar-refractivity contribution in [1.29, 1.82) is 0 Å². The number of rotatable bonds is 4. The van der Waals surface area contributed by atoms with Crippen LogP contribution in [-0.4, -0.2) is 34.0 Å². The van der Waals surface area contributed by atoms with E-state index in [-0.39, 0.29) is 4.90 Å². The molecule has 0 amide bonds. The van der Waals surface area contributed by atoms with Crippen LogP contribution in [0.3, 0.4) is 0 Å². The lowest BCUT2D eigenvalue weighted by Crippen LogP contribution is -2.12. The van der Waals surface area contributed by atoms with Gasteiger partial charge in [-0.3, -0.25) is 0 Å². The van der Waals surface area contributed by atoms with E-state index in [1.807, 2.05) is 6.07 Å². The smallest absolute Gasteiger partial charge is 0.261 e. The number of fused-ring (bicyclic) bond motifs is 2. The molecule has 0 N–H and O–H groups in total. The van der Waals surface area contributed by atoms with Crippen LogP contribution < -0.4 is 0 Å². The van der Waals surface area contributed by atoms with Gasteiger partial charge < -0.3 is 4.90 Å². The van der Waals surface area contributed by atoms with Gasteiger partial charge in [0.15, 0.2) is 0 Å². The van der Waals surface area contributed by atoms with E-state index in [4.69, 9.17) is 10.7 Å². The lowest BCUT2D eigenvalue weighted by molar-refractivity contribution is 0.417. The molecule has 0 aliphatic heterocycles. The number of nitrogens with zero attached hydrogens (tertiary/aromatic N) is 1. The Morgan fingerprint density at radius 3 is 2.44 bits per heavy atom.